The first-order valence-electron chi connectivity index (χ1n) is 24.7. The second-order valence-corrected chi connectivity index (χ2v) is 18.0. The first-order chi connectivity index (χ1) is 36.7. The van der Waals surface area contributed by atoms with Crippen molar-refractivity contribution in [2.75, 3.05) is 0 Å². The number of imidazole rings is 1. The molecule has 0 amide bonds. The number of benzene rings is 10. The predicted molar refractivity (Wildman–Crippen MR) is 302 cm³/mol. The van der Waals surface area contributed by atoms with E-state index < -0.39 is 0 Å². The minimum absolute atomic E-state index is 0. The topological polar surface area (TPSA) is 56.7 Å². The van der Waals surface area contributed by atoms with E-state index in [1.807, 2.05) is 97.3 Å². The van der Waals surface area contributed by atoms with Crippen molar-refractivity contribution in [3.63, 3.8) is 0 Å². The normalized spacial score (nSPS) is 11.1. The fraction of sp³-hybridized carbons (Fsp3) is 0. The Labute approximate surface area is 448 Å². The van der Waals surface area contributed by atoms with Gasteiger partial charge in [0.2, 0.25) is 0 Å². The summed E-state index contributed by atoms with van der Waals surface area (Å²) in [6, 6.07) is 95.6. The Balaban J connectivity index is 0.000000155. The van der Waals surface area contributed by atoms with Crippen molar-refractivity contribution in [3.05, 3.63) is 279 Å². The maximum absolute atomic E-state index is 6.55. The van der Waals surface area contributed by atoms with Crippen molar-refractivity contribution in [1.29, 1.82) is 0 Å². The van der Waals surface area contributed by atoms with Gasteiger partial charge in [0.25, 0.3) is 0 Å². The zero-order valence-electron chi connectivity index (χ0n) is 40.4. The Bertz CT molecular complexity index is 4140. The number of furan rings is 1. The summed E-state index contributed by atoms with van der Waals surface area (Å²) in [5.41, 5.74) is 18.6. The van der Waals surface area contributed by atoms with Crippen LogP contribution < -0.4 is 0 Å². The van der Waals surface area contributed by atoms with Gasteiger partial charge in [-0.1, -0.05) is 186 Å². The van der Waals surface area contributed by atoms with E-state index in [0.29, 0.717) is 0 Å². The van der Waals surface area contributed by atoms with Crippen LogP contribution in [0, 0.1) is 18.2 Å². The van der Waals surface area contributed by atoms with E-state index in [2.05, 4.69) is 192 Å². The van der Waals surface area contributed by atoms with Crippen LogP contribution in [0.1, 0.15) is 0 Å². The fourth-order valence-electron chi connectivity index (χ4n) is 10.1. The van der Waals surface area contributed by atoms with Crippen molar-refractivity contribution >= 4 is 43.7 Å². The van der Waals surface area contributed by atoms with Gasteiger partial charge in [-0.05, 0) is 80.5 Å². The molecule has 0 spiro atoms. The number of aromatic nitrogens is 4. The molecule has 4 heterocycles. The van der Waals surface area contributed by atoms with Gasteiger partial charge in [0.1, 0.15) is 5.58 Å². The van der Waals surface area contributed by atoms with Gasteiger partial charge in [0.15, 0.2) is 0 Å². The Morgan fingerprint density at radius 1 is 0.400 bits per heavy atom. The van der Waals surface area contributed by atoms with Crippen molar-refractivity contribution < 1.29 is 24.5 Å². The van der Waals surface area contributed by atoms with E-state index in [9.17, 15) is 0 Å². The van der Waals surface area contributed by atoms with E-state index in [1.165, 1.54) is 27.6 Å². The molecule has 0 N–H and O–H groups in total. The number of nitrogens with zero attached hydrogens (tertiary/aromatic N) is 4. The van der Waals surface area contributed by atoms with Crippen LogP contribution in [0.4, 0.5) is 0 Å². The largest absolute Gasteiger partial charge is 3.00 e. The molecule has 0 bridgehead atoms. The maximum Gasteiger partial charge on any atom is 3.00 e. The van der Waals surface area contributed by atoms with Crippen LogP contribution in [0.2, 0.25) is 0 Å². The summed E-state index contributed by atoms with van der Waals surface area (Å²) < 4.78 is 8.74. The van der Waals surface area contributed by atoms with E-state index in [0.717, 1.165) is 100 Å². The molecule has 0 saturated carbocycles. The van der Waals surface area contributed by atoms with E-state index >= 15 is 0 Å². The second-order valence-electron chi connectivity index (χ2n) is 18.0. The van der Waals surface area contributed by atoms with Gasteiger partial charge in [-0.15, -0.1) is 83.9 Å². The molecule has 0 aliphatic heterocycles. The summed E-state index contributed by atoms with van der Waals surface area (Å²) in [4.78, 5) is 14.3. The molecular weight excluding hydrogens is 1090 g/mol. The van der Waals surface area contributed by atoms with Crippen LogP contribution in [-0.2, 0) is 20.1 Å². The van der Waals surface area contributed by atoms with Crippen LogP contribution in [0.25, 0.3) is 128 Å². The molecule has 5 nitrogen and oxygen atoms in total. The van der Waals surface area contributed by atoms with Crippen LogP contribution in [-0.4, -0.2) is 19.5 Å². The van der Waals surface area contributed by atoms with E-state index in [-0.39, 0.29) is 20.1 Å². The van der Waals surface area contributed by atoms with Crippen LogP contribution in [0.15, 0.2) is 266 Å². The first-order valence-corrected chi connectivity index (χ1v) is 24.7. The molecule has 6 heteroatoms. The van der Waals surface area contributed by atoms with Gasteiger partial charge >= 0.3 is 20.1 Å². The molecular formula is C69H43IrN4O. The van der Waals surface area contributed by atoms with Gasteiger partial charge in [-0.3, -0.25) is 4.98 Å². The number of para-hydroxylation sites is 3. The Kier molecular flexibility index (Phi) is 12.9. The number of pyridine rings is 2. The van der Waals surface area contributed by atoms with E-state index in [4.69, 9.17) is 14.4 Å². The summed E-state index contributed by atoms with van der Waals surface area (Å²) in [6.07, 6.45) is 3.78. The summed E-state index contributed by atoms with van der Waals surface area (Å²) in [6.45, 7) is 0. The number of hydrogen-bond donors (Lipinski definition) is 0. The minimum Gasteiger partial charge on any atom is -0.500 e. The fourth-order valence-corrected chi connectivity index (χ4v) is 10.1. The molecule has 0 radical (unpaired) electrons. The standard InChI is InChI=1S/C40H26N2.C29H17N2O.Ir/c1-2-12-30(13-3-1)40-26-25-32(28-42-40)34-15-5-7-17-36(34)38-19-9-8-18-37(38)35-16-6-4-14-33(35)29-21-23-31(24-22-29)39-20-10-11-27-41-39;1-2-10-20(11-3-1)31-26-16-7-6-15-25(26)30-29(31)24-14-8-13-22-23-18-17-19-9-4-5-12-21(19)27(23)32-28(22)24;/h1-12,14-23,25-28H;1-13,15-18H;/q-2;-1;+3. The summed E-state index contributed by atoms with van der Waals surface area (Å²) in [5, 5.41) is 4.47. The monoisotopic (exact) mass is 1140 g/mol. The Hall–Kier alpha value is -9.32. The maximum atomic E-state index is 6.55. The number of rotatable bonds is 8. The molecule has 0 aliphatic carbocycles. The van der Waals surface area contributed by atoms with Gasteiger partial charge in [-0.2, -0.15) is 0 Å². The van der Waals surface area contributed by atoms with Gasteiger partial charge in [0.05, 0.1) is 22.4 Å². The summed E-state index contributed by atoms with van der Waals surface area (Å²) in [7, 11) is 0. The molecule has 14 rings (SSSR count). The third-order valence-corrected chi connectivity index (χ3v) is 13.6. The number of fused-ring (bicyclic) bond motifs is 6. The smallest absolute Gasteiger partial charge is 0.500 e. The first kappa shape index (κ1) is 46.7. The average Bonchev–Trinajstić information content (AvgIpc) is 4.11. The molecule has 0 fully saturated rings. The van der Waals surface area contributed by atoms with Gasteiger partial charge in [0, 0.05) is 28.9 Å². The molecule has 0 aliphatic rings. The molecule has 10 aromatic carbocycles. The quantitative estimate of drug-likeness (QED) is 0.142. The van der Waals surface area contributed by atoms with Gasteiger partial charge in [-0.25, -0.2) is 0 Å². The zero-order valence-corrected chi connectivity index (χ0v) is 42.8. The second kappa shape index (κ2) is 20.7. The molecule has 0 unspecified atom stereocenters. The van der Waals surface area contributed by atoms with Crippen molar-refractivity contribution in [2.45, 2.75) is 0 Å². The molecule has 0 atom stereocenters. The molecule has 4 aromatic heterocycles. The molecule has 14 aromatic rings. The van der Waals surface area contributed by atoms with Gasteiger partial charge < -0.3 is 19.0 Å². The zero-order chi connectivity index (χ0) is 49.2. The van der Waals surface area contributed by atoms with Crippen molar-refractivity contribution in [2.24, 2.45) is 0 Å². The SMILES string of the molecule is [Ir+3].[c-]1cc(-c2ccccc2-c2ccccc2-c2ccccc2-c2ccc(-c3[c-]cccc3)nc2)ccc1-c1ccccn1.[c-]1ccc2c(oc3c4ccccc4ccc23)c1-c1nc2ccccc2n1-c1ccccc1. The minimum atomic E-state index is 0. The van der Waals surface area contributed by atoms with Crippen LogP contribution in [0.5, 0.6) is 0 Å². The summed E-state index contributed by atoms with van der Waals surface area (Å²) >= 11 is 0. The van der Waals surface area contributed by atoms with Crippen LogP contribution >= 0.6 is 0 Å². The predicted octanol–water partition coefficient (Wildman–Crippen LogP) is 17.6. The summed E-state index contributed by atoms with van der Waals surface area (Å²) in [5.74, 6) is 0.825. The van der Waals surface area contributed by atoms with Crippen molar-refractivity contribution in [1.82, 2.24) is 19.5 Å². The Morgan fingerprint density at radius 3 is 1.73 bits per heavy atom. The average molecular weight is 1140 g/mol. The molecule has 75 heavy (non-hydrogen) atoms. The van der Waals surface area contributed by atoms with Crippen LogP contribution in [0.3, 0.4) is 0 Å². The van der Waals surface area contributed by atoms with Crippen molar-refractivity contribution in [3.8, 4) is 84.1 Å². The molecule has 354 valence electrons. The third-order valence-electron chi connectivity index (χ3n) is 13.6. The van der Waals surface area contributed by atoms with E-state index in [1.54, 1.807) is 0 Å². The Morgan fingerprint density at radius 2 is 1.03 bits per heavy atom. The number of hydrogen-bond acceptors (Lipinski definition) is 4. The molecule has 0 saturated heterocycles. The third kappa shape index (κ3) is 8.93.